The largest absolute Gasteiger partial charge is 0.355 e. The summed E-state index contributed by atoms with van der Waals surface area (Å²) in [6.45, 7) is 3.64. The van der Waals surface area contributed by atoms with E-state index in [2.05, 4.69) is 10.6 Å². The summed E-state index contributed by atoms with van der Waals surface area (Å²) in [5.74, 6) is -0.501. The van der Waals surface area contributed by atoms with Crippen LogP contribution in [0.15, 0.2) is 24.3 Å². The molecule has 1 fully saturated rings. The third kappa shape index (κ3) is 5.74. The van der Waals surface area contributed by atoms with Gasteiger partial charge < -0.3 is 15.5 Å². The molecule has 0 saturated carbocycles. The van der Waals surface area contributed by atoms with Crippen molar-refractivity contribution in [1.82, 2.24) is 15.5 Å². The Labute approximate surface area is 152 Å². The molecule has 3 amide bonds. The smallest absolute Gasteiger partial charge is 0.253 e. The highest BCUT2D eigenvalue weighted by Crippen LogP contribution is 2.20. The van der Waals surface area contributed by atoms with Crippen LogP contribution in [0.2, 0.25) is 5.02 Å². The first-order chi connectivity index (χ1) is 12.0. The third-order valence-electron chi connectivity index (χ3n) is 4.24. The van der Waals surface area contributed by atoms with E-state index in [0.29, 0.717) is 43.1 Å². The number of likely N-dealkylation sites (tertiary alicyclic amines) is 1. The Morgan fingerprint density at radius 1 is 1.12 bits per heavy atom. The molecule has 2 rings (SSSR count). The summed E-state index contributed by atoms with van der Waals surface area (Å²) >= 11 is 5.84. The van der Waals surface area contributed by atoms with Crippen molar-refractivity contribution >= 4 is 29.3 Å². The first-order valence-corrected chi connectivity index (χ1v) is 8.98. The fraction of sp³-hybridized carbons (Fsp3) is 0.500. The molecule has 1 heterocycles. The Hall–Kier alpha value is -2.08. The summed E-state index contributed by atoms with van der Waals surface area (Å²) in [6, 6.07) is 6.80. The normalized spacial score (nSPS) is 14.9. The van der Waals surface area contributed by atoms with Crippen molar-refractivity contribution in [3.8, 4) is 0 Å². The Balaban J connectivity index is 1.77. The van der Waals surface area contributed by atoms with Crippen LogP contribution in [-0.4, -0.2) is 48.8 Å². The van der Waals surface area contributed by atoms with Gasteiger partial charge in [0, 0.05) is 36.1 Å². The maximum absolute atomic E-state index is 12.4. The van der Waals surface area contributed by atoms with Gasteiger partial charge in [0.05, 0.1) is 6.54 Å². The first-order valence-electron chi connectivity index (χ1n) is 8.60. The molecule has 0 radical (unpaired) electrons. The molecule has 2 N–H and O–H groups in total. The van der Waals surface area contributed by atoms with Gasteiger partial charge >= 0.3 is 0 Å². The number of nitrogens with one attached hydrogen (secondary N) is 2. The van der Waals surface area contributed by atoms with E-state index in [-0.39, 0.29) is 30.2 Å². The Morgan fingerprint density at radius 2 is 1.76 bits per heavy atom. The highest BCUT2D eigenvalue weighted by atomic mass is 35.5. The molecule has 1 aromatic rings. The molecule has 0 bridgehead atoms. The van der Waals surface area contributed by atoms with Crippen LogP contribution in [0.25, 0.3) is 0 Å². The van der Waals surface area contributed by atoms with Gasteiger partial charge in [0.25, 0.3) is 5.91 Å². The van der Waals surface area contributed by atoms with E-state index in [9.17, 15) is 14.4 Å². The minimum Gasteiger partial charge on any atom is -0.355 e. The number of amides is 3. The van der Waals surface area contributed by atoms with E-state index in [1.54, 1.807) is 29.2 Å². The fourth-order valence-electron chi connectivity index (χ4n) is 2.76. The predicted octanol–water partition coefficient (Wildman–Crippen LogP) is 1.83. The first kappa shape index (κ1) is 19.2. The maximum Gasteiger partial charge on any atom is 0.253 e. The van der Waals surface area contributed by atoms with Gasteiger partial charge in [-0.1, -0.05) is 18.5 Å². The van der Waals surface area contributed by atoms with Crippen LogP contribution in [0.3, 0.4) is 0 Å². The monoisotopic (exact) mass is 365 g/mol. The highest BCUT2D eigenvalue weighted by Gasteiger charge is 2.27. The average Bonchev–Trinajstić information content (AvgIpc) is 2.64. The van der Waals surface area contributed by atoms with E-state index < -0.39 is 0 Å². The van der Waals surface area contributed by atoms with Gasteiger partial charge in [-0.15, -0.1) is 0 Å². The zero-order chi connectivity index (χ0) is 18.2. The predicted molar refractivity (Wildman–Crippen MR) is 96.4 cm³/mol. The molecule has 6 nitrogen and oxygen atoms in total. The number of benzene rings is 1. The topological polar surface area (TPSA) is 78.5 Å². The number of carbonyl (C=O) groups excluding carboxylic acids is 3. The lowest BCUT2D eigenvalue weighted by Gasteiger charge is -2.31. The molecular weight excluding hydrogens is 342 g/mol. The summed E-state index contributed by atoms with van der Waals surface area (Å²) in [7, 11) is 0. The highest BCUT2D eigenvalue weighted by molar-refractivity contribution is 6.30. The SMILES string of the molecule is CCCNC(=O)CNC(=O)C1CCN(C(=O)c2ccc(Cl)cc2)CC1. The van der Waals surface area contributed by atoms with Gasteiger partial charge in [0.15, 0.2) is 0 Å². The second-order valence-corrected chi connectivity index (χ2v) is 6.58. The van der Waals surface area contributed by atoms with Crippen molar-refractivity contribution in [2.45, 2.75) is 26.2 Å². The molecular formula is C18H24ClN3O3. The van der Waals surface area contributed by atoms with E-state index in [4.69, 9.17) is 11.6 Å². The minimum absolute atomic E-state index is 0.00273. The number of hydrogen-bond donors (Lipinski definition) is 2. The molecule has 0 atom stereocenters. The molecule has 0 aliphatic carbocycles. The van der Waals surface area contributed by atoms with Crippen molar-refractivity contribution in [3.63, 3.8) is 0 Å². The van der Waals surface area contributed by atoms with Gasteiger partial charge in [-0.2, -0.15) is 0 Å². The standard InChI is InChI=1S/C18H24ClN3O3/c1-2-9-20-16(23)12-21-17(24)13-7-10-22(11-8-13)18(25)14-3-5-15(19)6-4-14/h3-6,13H,2,7-12H2,1H3,(H,20,23)(H,21,24). The number of halogens is 1. The molecule has 25 heavy (non-hydrogen) atoms. The van der Waals surface area contributed by atoms with Gasteiger partial charge in [-0.25, -0.2) is 0 Å². The number of hydrogen-bond acceptors (Lipinski definition) is 3. The summed E-state index contributed by atoms with van der Waals surface area (Å²) in [4.78, 5) is 37.9. The van der Waals surface area contributed by atoms with Crippen molar-refractivity contribution in [2.24, 2.45) is 5.92 Å². The number of nitrogens with zero attached hydrogens (tertiary/aromatic N) is 1. The minimum atomic E-state index is -0.175. The second-order valence-electron chi connectivity index (χ2n) is 6.14. The molecule has 7 heteroatoms. The summed E-state index contributed by atoms with van der Waals surface area (Å²) in [5.41, 5.74) is 0.597. The van der Waals surface area contributed by atoms with Crippen LogP contribution in [0, 0.1) is 5.92 Å². The Kier molecular flexibility index (Phi) is 7.25. The van der Waals surface area contributed by atoms with Crippen LogP contribution in [-0.2, 0) is 9.59 Å². The molecule has 1 aliphatic heterocycles. The molecule has 1 aromatic carbocycles. The van der Waals surface area contributed by atoms with Crippen molar-refractivity contribution < 1.29 is 14.4 Å². The summed E-state index contributed by atoms with van der Waals surface area (Å²) in [5, 5.41) is 5.99. The van der Waals surface area contributed by atoms with Gasteiger partial charge in [-0.3, -0.25) is 14.4 Å². The Morgan fingerprint density at radius 3 is 2.36 bits per heavy atom. The van der Waals surface area contributed by atoms with Crippen LogP contribution in [0.1, 0.15) is 36.5 Å². The van der Waals surface area contributed by atoms with E-state index >= 15 is 0 Å². The molecule has 0 aromatic heterocycles. The molecule has 0 spiro atoms. The third-order valence-corrected chi connectivity index (χ3v) is 4.49. The van der Waals surface area contributed by atoms with E-state index in [1.165, 1.54) is 0 Å². The molecule has 1 saturated heterocycles. The van der Waals surface area contributed by atoms with E-state index in [1.807, 2.05) is 6.92 Å². The lowest BCUT2D eigenvalue weighted by atomic mass is 9.95. The molecule has 0 unspecified atom stereocenters. The Bertz CT molecular complexity index is 610. The summed E-state index contributed by atoms with van der Waals surface area (Å²) < 4.78 is 0. The molecule has 136 valence electrons. The zero-order valence-electron chi connectivity index (χ0n) is 14.4. The van der Waals surface area contributed by atoms with Gasteiger partial charge in [0.2, 0.25) is 11.8 Å². The lowest BCUT2D eigenvalue weighted by molar-refractivity contribution is -0.129. The lowest BCUT2D eigenvalue weighted by Crippen LogP contribution is -2.45. The number of rotatable bonds is 6. The second kappa shape index (κ2) is 9.42. The van der Waals surface area contributed by atoms with Crippen molar-refractivity contribution in [3.05, 3.63) is 34.9 Å². The zero-order valence-corrected chi connectivity index (χ0v) is 15.1. The molecule has 1 aliphatic rings. The van der Waals surface area contributed by atoms with Gasteiger partial charge in [-0.05, 0) is 43.5 Å². The average molecular weight is 366 g/mol. The van der Waals surface area contributed by atoms with Gasteiger partial charge in [0.1, 0.15) is 0 Å². The maximum atomic E-state index is 12.4. The summed E-state index contributed by atoms with van der Waals surface area (Å²) in [6.07, 6.45) is 2.06. The fourth-order valence-corrected chi connectivity index (χ4v) is 2.88. The van der Waals surface area contributed by atoms with Crippen LogP contribution in [0.4, 0.5) is 0 Å². The number of carbonyl (C=O) groups is 3. The number of piperidine rings is 1. The van der Waals surface area contributed by atoms with Crippen molar-refractivity contribution in [2.75, 3.05) is 26.2 Å². The van der Waals surface area contributed by atoms with Crippen molar-refractivity contribution in [1.29, 1.82) is 0 Å². The van der Waals surface area contributed by atoms with E-state index in [0.717, 1.165) is 6.42 Å². The van der Waals surface area contributed by atoms with Crippen LogP contribution >= 0.6 is 11.6 Å². The quantitative estimate of drug-likeness (QED) is 0.807. The van der Waals surface area contributed by atoms with Crippen LogP contribution < -0.4 is 10.6 Å². The van der Waals surface area contributed by atoms with Crippen LogP contribution in [0.5, 0.6) is 0 Å².